The van der Waals surface area contributed by atoms with E-state index in [1.54, 1.807) is 0 Å². The van der Waals surface area contributed by atoms with E-state index in [-0.39, 0.29) is 18.2 Å². The number of rotatable bonds is 4. The van der Waals surface area contributed by atoms with Gasteiger partial charge in [0.1, 0.15) is 6.10 Å². The summed E-state index contributed by atoms with van der Waals surface area (Å²) in [6.07, 6.45) is -0.377. The van der Waals surface area contributed by atoms with Gasteiger partial charge in [-0.3, -0.25) is 0 Å². The highest BCUT2D eigenvalue weighted by Gasteiger charge is 2.22. The number of cyclic esters (lactones) is 1. The average molecular weight is 220 g/mol. The molecule has 4 heteroatoms. The van der Waals surface area contributed by atoms with Gasteiger partial charge in [-0.05, 0) is 12.5 Å². The first-order valence-electron chi connectivity index (χ1n) is 5.48. The van der Waals surface area contributed by atoms with Crippen molar-refractivity contribution in [3.63, 3.8) is 0 Å². The summed E-state index contributed by atoms with van der Waals surface area (Å²) in [5, 5.41) is 5.98. The quantitative estimate of drug-likeness (QED) is 0.807. The number of ether oxygens (including phenoxy) is 1. The van der Waals surface area contributed by atoms with Crippen molar-refractivity contribution in [3.8, 4) is 0 Å². The maximum absolute atomic E-state index is 10.8. The number of amides is 1. The van der Waals surface area contributed by atoms with E-state index >= 15 is 0 Å². The van der Waals surface area contributed by atoms with E-state index in [1.165, 1.54) is 5.56 Å². The SMILES string of the molecule is CC(NCC1CNC(=O)O1)c1ccccc1. The van der Waals surface area contributed by atoms with E-state index < -0.39 is 0 Å². The molecule has 1 aromatic rings. The molecule has 0 aliphatic carbocycles. The second-order valence-electron chi connectivity index (χ2n) is 3.95. The predicted molar refractivity (Wildman–Crippen MR) is 61.1 cm³/mol. The van der Waals surface area contributed by atoms with Crippen LogP contribution in [0.5, 0.6) is 0 Å². The van der Waals surface area contributed by atoms with Crippen molar-refractivity contribution in [2.75, 3.05) is 13.1 Å². The monoisotopic (exact) mass is 220 g/mol. The highest BCUT2D eigenvalue weighted by atomic mass is 16.6. The number of hydrogen-bond donors (Lipinski definition) is 2. The highest BCUT2D eigenvalue weighted by Crippen LogP contribution is 2.11. The molecule has 86 valence electrons. The van der Waals surface area contributed by atoms with Crippen molar-refractivity contribution < 1.29 is 9.53 Å². The maximum atomic E-state index is 10.8. The van der Waals surface area contributed by atoms with Crippen LogP contribution in [-0.2, 0) is 4.74 Å². The van der Waals surface area contributed by atoms with Gasteiger partial charge in [-0.25, -0.2) is 4.79 Å². The molecule has 0 spiro atoms. The normalized spacial score (nSPS) is 21.3. The lowest BCUT2D eigenvalue weighted by Gasteiger charge is -2.16. The van der Waals surface area contributed by atoms with Crippen LogP contribution in [0.1, 0.15) is 18.5 Å². The van der Waals surface area contributed by atoms with Gasteiger partial charge in [-0.1, -0.05) is 30.3 Å². The van der Waals surface area contributed by atoms with Crippen LogP contribution in [0.15, 0.2) is 30.3 Å². The second-order valence-corrected chi connectivity index (χ2v) is 3.95. The minimum atomic E-state index is -0.320. The summed E-state index contributed by atoms with van der Waals surface area (Å²) in [5.74, 6) is 0. The molecule has 2 atom stereocenters. The van der Waals surface area contributed by atoms with Gasteiger partial charge >= 0.3 is 6.09 Å². The average Bonchev–Trinajstić information content (AvgIpc) is 2.73. The molecule has 16 heavy (non-hydrogen) atoms. The summed E-state index contributed by atoms with van der Waals surface area (Å²) in [6.45, 7) is 3.36. The molecule has 1 aliphatic heterocycles. The van der Waals surface area contributed by atoms with Crippen LogP contribution in [0.4, 0.5) is 4.79 Å². The Bertz CT molecular complexity index is 353. The summed E-state index contributed by atoms with van der Waals surface area (Å²) in [6, 6.07) is 10.5. The van der Waals surface area contributed by atoms with Gasteiger partial charge < -0.3 is 15.4 Å². The molecule has 2 unspecified atom stereocenters. The fourth-order valence-corrected chi connectivity index (χ4v) is 1.71. The summed E-state index contributed by atoms with van der Waals surface area (Å²) >= 11 is 0. The Balaban J connectivity index is 1.80. The van der Waals surface area contributed by atoms with Crippen LogP contribution in [0.2, 0.25) is 0 Å². The van der Waals surface area contributed by atoms with Crippen molar-refractivity contribution in [3.05, 3.63) is 35.9 Å². The first-order chi connectivity index (χ1) is 7.75. The number of nitrogens with one attached hydrogen (secondary N) is 2. The molecule has 1 aromatic carbocycles. The van der Waals surface area contributed by atoms with Crippen molar-refractivity contribution in [1.29, 1.82) is 0 Å². The van der Waals surface area contributed by atoms with Crippen LogP contribution < -0.4 is 10.6 Å². The molecular formula is C12H16N2O2. The van der Waals surface area contributed by atoms with E-state index in [9.17, 15) is 4.79 Å². The Labute approximate surface area is 95.0 Å². The molecule has 0 radical (unpaired) electrons. The Morgan fingerprint density at radius 3 is 2.88 bits per heavy atom. The van der Waals surface area contributed by atoms with Crippen LogP contribution in [-0.4, -0.2) is 25.3 Å². The van der Waals surface area contributed by atoms with Gasteiger partial charge in [0, 0.05) is 12.6 Å². The van der Waals surface area contributed by atoms with Crippen molar-refractivity contribution in [1.82, 2.24) is 10.6 Å². The number of carbonyl (C=O) groups excluding carboxylic acids is 1. The second kappa shape index (κ2) is 4.99. The molecular weight excluding hydrogens is 204 g/mol. The van der Waals surface area contributed by atoms with Crippen molar-refractivity contribution in [2.24, 2.45) is 0 Å². The molecule has 1 heterocycles. The smallest absolute Gasteiger partial charge is 0.407 e. The highest BCUT2D eigenvalue weighted by molar-refractivity contribution is 5.69. The zero-order valence-electron chi connectivity index (χ0n) is 9.27. The maximum Gasteiger partial charge on any atom is 0.407 e. The third-order valence-corrected chi connectivity index (χ3v) is 2.70. The van der Waals surface area contributed by atoms with Crippen LogP contribution >= 0.6 is 0 Å². The predicted octanol–water partition coefficient (Wildman–Crippen LogP) is 1.45. The zero-order valence-corrected chi connectivity index (χ0v) is 9.27. The van der Waals surface area contributed by atoms with Crippen LogP contribution in [0, 0.1) is 0 Å². The molecule has 0 saturated carbocycles. The van der Waals surface area contributed by atoms with Gasteiger partial charge in [0.25, 0.3) is 0 Å². The van der Waals surface area contributed by atoms with Crippen LogP contribution in [0.25, 0.3) is 0 Å². The van der Waals surface area contributed by atoms with Gasteiger partial charge in [0.05, 0.1) is 6.54 Å². The summed E-state index contributed by atoms with van der Waals surface area (Å²) in [7, 11) is 0. The number of hydrogen-bond acceptors (Lipinski definition) is 3. The molecule has 1 amide bonds. The van der Waals surface area contributed by atoms with E-state index in [1.807, 2.05) is 18.2 Å². The Morgan fingerprint density at radius 1 is 1.50 bits per heavy atom. The first-order valence-corrected chi connectivity index (χ1v) is 5.48. The Morgan fingerprint density at radius 2 is 2.25 bits per heavy atom. The van der Waals surface area contributed by atoms with E-state index in [0.29, 0.717) is 13.1 Å². The molecule has 1 saturated heterocycles. The third-order valence-electron chi connectivity index (χ3n) is 2.70. The zero-order chi connectivity index (χ0) is 11.4. The number of benzene rings is 1. The number of carbonyl (C=O) groups is 1. The fraction of sp³-hybridized carbons (Fsp3) is 0.417. The van der Waals surface area contributed by atoms with E-state index in [2.05, 4.69) is 29.7 Å². The largest absolute Gasteiger partial charge is 0.443 e. The van der Waals surface area contributed by atoms with Crippen molar-refractivity contribution in [2.45, 2.75) is 19.1 Å². The first kappa shape index (κ1) is 11.0. The standard InChI is InChI=1S/C12H16N2O2/c1-9(10-5-3-2-4-6-10)13-7-11-8-14-12(15)16-11/h2-6,9,11,13H,7-8H2,1H3,(H,14,15). The summed E-state index contributed by atoms with van der Waals surface area (Å²) < 4.78 is 5.04. The molecule has 2 rings (SSSR count). The van der Waals surface area contributed by atoms with Gasteiger partial charge in [-0.15, -0.1) is 0 Å². The number of alkyl carbamates (subject to hydrolysis) is 1. The molecule has 4 nitrogen and oxygen atoms in total. The van der Waals surface area contributed by atoms with Gasteiger partial charge in [0.2, 0.25) is 0 Å². The van der Waals surface area contributed by atoms with E-state index in [0.717, 1.165) is 0 Å². The van der Waals surface area contributed by atoms with Crippen molar-refractivity contribution >= 4 is 6.09 Å². The van der Waals surface area contributed by atoms with Gasteiger partial charge in [-0.2, -0.15) is 0 Å². The minimum Gasteiger partial charge on any atom is -0.443 e. The Hall–Kier alpha value is -1.55. The molecule has 2 N–H and O–H groups in total. The third kappa shape index (κ3) is 2.73. The lowest BCUT2D eigenvalue weighted by molar-refractivity contribution is 0.138. The van der Waals surface area contributed by atoms with Gasteiger partial charge in [0.15, 0.2) is 0 Å². The molecule has 0 aromatic heterocycles. The Kier molecular flexibility index (Phi) is 3.41. The fourth-order valence-electron chi connectivity index (χ4n) is 1.71. The minimum absolute atomic E-state index is 0.0568. The molecule has 0 bridgehead atoms. The molecule has 1 aliphatic rings. The summed E-state index contributed by atoms with van der Waals surface area (Å²) in [5.41, 5.74) is 1.24. The molecule has 1 fully saturated rings. The summed E-state index contributed by atoms with van der Waals surface area (Å²) in [4.78, 5) is 10.8. The lowest BCUT2D eigenvalue weighted by Crippen LogP contribution is -2.31. The van der Waals surface area contributed by atoms with E-state index in [4.69, 9.17) is 4.74 Å². The van der Waals surface area contributed by atoms with Crippen LogP contribution in [0.3, 0.4) is 0 Å². The lowest BCUT2D eigenvalue weighted by atomic mass is 10.1. The topological polar surface area (TPSA) is 50.4 Å².